The second-order valence-corrected chi connectivity index (χ2v) is 6.38. The van der Waals surface area contributed by atoms with Crippen molar-refractivity contribution in [3.05, 3.63) is 40.3 Å². The summed E-state index contributed by atoms with van der Waals surface area (Å²) in [6.07, 6.45) is 0.558. The van der Waals surface area contributed by atoms with Crippen LogP contribution in [-0.2, 0) is 4.79 Å². The summed E-state index contributed by atoms with van der Waals surface area (Å²) in [5.41, 5.74) is 5.36. The van der Waals surface area contributed by atoms with E-state index >= 15 is 0 Å². The molecule has 126 valence electrons. The Bertz CT molecular complexity index is 872. The molecule has 0 bridgehead atoms. The van der Waals surface area contributed by atoms with Gasteiger partial charge in [-0.05, 0) is 26.3 Å². The zero-order valence-corrected chi connectivity index (χ0v) is 13.7. The van der Waals surface area contributed by atoms with E-state index in [1.807, 2.05) is 13.8 Å². The first-order chi connectivity index (χ1) is 11.4. The van der Waals surface area contributed by atoms with Gasteiger partial charge in [0.05, 0.1) is 17.3 Å². The molecule has 0 spiro atoms. The van der Waals surface area contributed by atoms with Crippen molar-refractivity contribution in [1.82, 2.24) is 14.7 Å². The summed E-state index contributed by atoms with van der Waals surface area (Å²) >= 11 is 0. The van der Waals surface area contributed by atoms with Gasteiger partial charge in [0.25, 0.3) is 11.5 Å². The van der Waals surface area contributed by atoms with Crippen LogP contribution >= 0.6 is 0 Å². The number of benzene rings is 1. The lowest BCUT2D eigenvalue weighted by Crippen LogP contribution is -2.35. The van der Waals surface area contributed by atoms with Gasteiger partial charge < -0.3 is 10.6 Å². The van der Waals surface area contributed by atoms with Crippen LogP contribution in [0.1, 0.15) is 36.8 Å². The second kappa shape index (κ2) is 6.07. The fraction of sp³-hybridized carbons (Fsp3) is 0.412. The Hall–Kier alpha value is -2.70. The van der Waals surface area contributed by atoms with E-state index in [4.69, 9.17) is 5.73 Å². The molecule has 0 radical (unpaired) electrons. The Morgan fingerprint density at radius 2 is 1.92 bits per heavy atom. The van der Waals surface area contributed by atoms with Gasteiger partial charge in [-0.2, -0.15) is 5.10 Å². The SMILES string of the molecule is CC(C)n1nc(C(=O)N2CC[C@@H](C(N)=O)C2)c2ccccc2c1=O. The number of aromatic nitrogens is 2. The van der Waals surface area contributed by atoms with Crippen LogP contribution in [0.4, 0.5) is 0 Å². The molecule has 1 atom stereocenters. The number of likely N-dealkylation sites (tertiary alicyclic amines) is 1. The summed E-state index contributed by atoms with van der Waals surface area (Å²) in [7, 11) is 0. The number of carbonyl (C=O) groups is 2. The molecule has 1 fully saturated rings. The summed E-state index contributed by atoms with van der Waals surface area (Å²) in [6, 6.07) is 6.80. The Morgan fingerprint density at radius 3 is 2.50 bits per heavy atom. The molecule has 7 nitrogen and oxygen atoms in total. The highest BCUT2D eigenvalue weighted by Gasteiger charge is 2.32. The first-order valence-corrected chi connectivity index (χ1v) is 8.00. The Morgan fingerprint density at radius 1 is 1.25 bits per heavy atom. The molecule has 0 unspecified atom stereocenters. The molecule has 1 aliphatic rings. The summed E-state index contributed by atoms with van der Waals surface area (Å²) in [5, 5.41) is 5.31. The van der Waals surface area contributed by atoms with Crippen molar-refractivity contribution >= 4 is 22.6 Å². The molecule has 2 aromatic rings. The predicted octanol–water partition coefficient (Wildman–Crippen LogP) is 0.925. The fourth-order valence-electron chi connectivity index (χ4n) is 3.04. The minimum Gasteiger partial charge on any atom is -0.369 e. The van der Waals surface area contributed by atoms with Gasteiger partial charge in [-0.3, -0.25) is 14.4 Å². The molecule has 2 amide bonds. The maximum atomic E-state index is 12.9. The number of carbonyl (C=O) groups excluding carboxylic acids is 2. The Balaban J connectivity index is 2.09. The van der Waals surface area contributed by atoms with E-state index in [0.29, 0.717) is 30.3 Å². The predicted molar refractivity (Wildman–Crippen MR) is 89.6 cm³/mol. The minimum atomic E-state index is -0.393. The number of rotatable bonds is 3. The van der Waals surface area contributed by atoms with Crippen LogP contribution < -0.4 is 11.3 Å². The maximum absolute atomic E-state index is 12.9. The molecule has 0 aliphatic carbocycles. The van der Waals surface area contributed by atoms with E-state index < -0.39 is 5.91 Å². The van der Waals surface area contributed by atoms with Crippen LogP contribution in [0.2, 0.25) is 0 Å². The Kier molecular flexibility index (Phi) is 4.09. The Labute approximate surface area is 139 Å². The number of primary amides is 1. The average Bonchev–Trinajstić information content (AvgIpc) is 3.05. The van der Waals surface area contributed by atoms with Crippen molar-refractivity contribution in [2.75, 3.05) is 13.1 Å². The van der Waals surface area contributed by atoms with Crippen LogP contribution in [-0.4, -0.2) is 39.6 Å². The van der Waals surface area contributed by atoms with Gasteiger partial charge >= 0.3 is 0 Å². The summed E-state index contributed by atoms with van der Waals surface area (Å²) < 4.78 is 1.33. The van der Waals surface area contributed by atoms with Gasteiger partial charge in [0.2, 0.25) is 5.91 Å². The molecule has 2 heterocycles. The zero-order valence-electron chi connectivity index (χ0n) is 13.7. The van der Waals surface area contributed by atoms with Gasteiger partial charge in [-0.1, -0.05) is 18.2 Å². The third-order valence-corrected chi connectivity index (χ3v) is 4.40. The minimum absolute atomic E-state index is 0.161. The highest BCUT2D eigenvalue weighted by atomic mass is 16.2. The average molecular weight is 328 g/mol. The molecule has 24 heavy (non-hydrogen) atoms. The highest BCUT2D eigenvalue weighted by molar-refractivity contribution is 6.05. The van der Waals surface area contributed by atoms with Crippen molar-refractivity contribution in [2.45, 2.75) is 26.3 Å². The van der Waals surface area contributed by atoms with Crippen LogP contribution in [0.3, 0.4) is 0 Å². The first-order valence-electron chi connectivity index (χ1n) is 8.00. The molecular weight excluding hydrogens is 308 g/mol. The normalized spacial score (nSPS) is 17.6. The fourth-order valence-corrected chi connectivity index (χ4v) is 3.04. The van der Waals surface area contributed by atoms with E-state index in [2.05, 4.69) is 5.10 Å². The maximum Gasteiger partial charge on any atom is 0.274 e. The zero-order chi connectivity index (χ0) is 17.4. The van der Waals surface area contributed by atoms with Gasteiger partial charge in [0.1, 0.15) is 0 Å². The van der Waals surface area contributed by atoms with Crippen LogP contribution in [0, 0.1) is 5.92 Å². The molecule has 1 aromatic carbocycles. The molecule has 1 saturated heterocycles. The third-order valence-electron chi connectivity index (χ3n) is 4.40. The summed E-state index contributed by atoms with van der Waals surface area (Å²) in [6.45, 7) is 4.45. The highest BCUT2D eigenvalue weighted by Crippen LogP contribution is 2.21. The molecule has 7 heteroatoms. The van der Waals surface area contributed by atoms with Crippen molar-refractivity contribution in [2.24, 2.45) is 11.7 Å². The number of amides is 2. The number of hydrogen-bond acceptors (Lipinski definition) is 4. The molecule has 1 aromatic heterocycles. The smallest absolute Gasteiger partial charge is 0.274 e. The van der Waals surface area contributed by atoms with Gasteiger partial charge in [0, 0.05) is 18.5 Å². The molecule has 3 rings (SSSR count). The van der Waals surface area contributed by atoms with Crippen molar-refractivity contribution < 1.29 is 9.59 Å². The van der Waals surface area contributed by atoms with Crippen LogP contribution in [0.25, 0.3) is 10.8 Å². The monoisotopic (exact) mass is 328 g/mol. The van der Waals surface area contributed by atoms with E-state index in [-0.39, 0.29) is 29.1 Å². The van der Waals surface area contributed by atoms with Gasteiger partial charge in [-0.15, -0.1) is 0 Å². The number of nitrogens with zero attached hydrogens (tertiary/aromatic N) is 3. The third kappa shape index (κ3) is 2.66. The lowest BCUT2D eigenvalue weighted by molar-refractivity contribution is -0.121. The summed E-state index contributed by atoms with van der Waals surface area (Å²) in [5.74, 6) is -0.990. The van der Waals surface area contributed by atoms with E-state index in [1.165, 1.54) is 4.68 Å². The quantitative estimate of drug-likeness (QED) is 0.906. The van der Waals surface area contributed by atoms with Gasteiger partial charge in [0.15, 0.2) is 5.69 Å². The van der Waals surface area contributed by atoms with Crippen LogP contribution in [0.15, 0.2) is 29.1 Å². The first kappa shape index (κ1) is 16.2. The van der Waals surface area contributed by atoms with Crippen molar-refractivity contribution in [3.8, 4) is 0 Å². The van der Waals surface area contributed by atoms with Crippen molar-refractivity contribution in [3.63, 3.8) is 0 Å². The number of nitrogens with two attached hydrogens (primary N) is 1. The number of fused-ring (bicyclic) bond motifs is 1. The van der Waals surface area contributed by atoms with Crippen molar-refractivity contribution in [1.29, 1.82) is 0 Å². The second-order valence-electron chi connectivity index (χ2n) is 6.38. The summed E-state index contributed by atoms with van der Waals surface area (Å²) in [4.78, 5) is 38.3. The number of hydrogen-bond donors (Lipinski definition) is 1. The van der Waals surface area contributed by atoms with E-state index in [9.17, 15) is 14.4 Å². The van der Waals surface area contributed by atoms with E-state index in [0.717, 1.165) is 0 Å². The molecule has 1 aliphatic heterocycles. The van der Waals surface area contributed by atoms with E-state index in [1.54, 1.807) is 29.2 Å². The van der Waals surface area contributed by atoms with Crippen LogP contribution in [0.5, 0.6) is 0 Å². The largest absolute Gasteiger partial charge is 0.369 e. The lowest BCUT2D eigenvalue weighted by Gasteiger charge is -2.18. The molecule has 0 saturated carbocycles. The topological polar surface area (TPSA) is 98.3 Å². The van der Waals surface area contributed by atoms with Gasteiger partial charge in [-0.25, -0.2) is 4.68 Å². The molecular formula is C17H20N4O3. The standard InChI is InChI=1S/C17H20N4O3/c1-10(2)21-16(23)13-6-4-3-5-12(13)14(19-21)17(24)20-8-7-11(9-20)15(18)22/h3-6,10-11H,7-9H2,1-2H3,(H2,18,22)/t11-/m1/s1. The lowest BCUT2D eigenvalue weighted by atomic mass is 10.1. The molecule has 2 N–H and O–H groups in total.